The summed E-state index contributed by atoms with van der Waals surface area (Å²) in [5, 5.41) is 2.98. The molecule has 0 unspecified atom stereocenters. The third-order valence-corrected chi connectivity index (χ3v) is 8.38. The molecule has 2 aliphatic carbocycles. The zero-order chi connectivity index (χ0) is 24.0. The minimum absolute atomic E-state index is 0.0486. The molecular weight excluding hydrogens is 436 g/mol. The number of fused-ring (bicyclic) bond motifs is 3. The SMILES string of the molecule is CCC1=NC2(CCCCCC2)N(C/C=C/c2ccc3c(c2)C[C@@]2(C3)C(=O)Nc3ncccc32)C1=O. The molecule has 4 aliphatic rings. The standard InChI is InChI=1S/C29H32N4O2/c1-2-24-26(34)33(29(32-24)13-5-3-4-6-14-29)16-8-9-20-11-12-21-18-28(19-22(21)17-20)23-10-7-15-30-25(23)31-27(28)35/h7-12,15,17H,2-6,13-14,16,18-19H2,1H3,(H,30,31,35)/b9-8+/t28-/m1/s1. The molecule has 1 fully saturated rings. The maximum atomic E-state index is 13.1. The number of rotatable bonds is 4. The van der Waals surface area contributed by atoms with E-state index in [4.69, 9.17) is 4.99 Å². The molecule has 1 N–H and O–H groups in total. The summed E-state index contributed by atoms with van der Waals surface area (Å²) in [4.78, 5) is 37.4. The lowest BCUT2D eigenvalue weighted by molar-refractivity contribution is -0.127. The van der Waals surface area contributed by atoms with Gasteiger partial charge < -0.3 is 10.2 Å². The number of benzene rings is 1. The van der Waals surface area contributed by atoms with Crippen LogP contribution >= 0.6 is 0 Å². The van der Waals surface area contributed by atoms with Crippen LogP contribution in [0.15, 0.2) is 47.6 Å². The van der Waals surface area contributed by atoms with Gasteiger partial charge >= 0.3 is 0 Å². The lowest BCUT2D eigenvalue weighted by Crippen LogP contribution is -2.46. The second-order valence-electron chi connectivity index (χ2n) is 10.4. The fourth-order valence-corrected chi connectivity index (χ4v) is 6.55. The smallest absolute Gasteiger partial charge is 0.270 e. The maximum absolute atomic E-state index is 13.1. The second kappa shape index (κ2) is 8.43. The molecule has 6 heteroatoms. The molecular formula is C29H32N4O2. The largest absolute Gasteiger partial charge is 0.310 e. The van der Waals surface area contributed by atoms with E-state index in [0.717, 1.165) is 42.5 Å². The van der Waals surface area contributed by atoms with Gasteiger partial charge in [0.05, 0.1) is 5.41 Å². The third kappa shape index (κ3) is 3.53. The average molecular weight is 469 g/mol. The predicted octanol–water partition coefficient (Wildman–Crippen LogP) is 4.83. The van der Waals surface area contributed by atoms with Gasteiger partial charge in [0.2, 0.25) is 5.91 Å². The highest BCUT2D eigenvalue weighted by molar-refractivity contribution is 6.40. The Hall–Kier alpha value is -3.28. The van der Waals surface area contributed by atoms with Gasteiger partial charge in [-0.1, -0.05) is 56.2 Å². The number of hydrogen-bond donors (Lipinski definition) is 1. The number of aromatic nitrogens is 1. The van der Waals surface area contributed by atoms with Crippen molar-refractivity contribution in [2.24, 2.45) is 4.99 Å². The van der Waals surface area contributed by atoms with E-state index in [1.165, 1.54) is 24.0 Å². The van der Waals surface area contributed by atoms with Crippen molar-refractivity contribution in [2.75, 3.05) is 11.9 Å². The number of aliphatic imine (C=N–C) groups is 1. The van der Waals surface area contributed by atoms with Gasteiger partial charge in [-0.2, -0.15) is 0 Å². The first-order chi connectivity index (χ1) is 17.0. The van der Waals surface area contributed by atoms with Crippen LogP contribution in [0.4, 0.5) is 5.82 Å². The number of nitrogens with one attached hydrogen (secondary N) is 1. The van der Waals surface area contributed by atoms with Crippen molar-refractivity contribution in [1.29, 1.82) is 0 Å². The highest BCUT2D eigenvalue weighted by Gasteiger charge is 2.51. The first-order valence-corrected chi connectivity index (χ1v) is 13.0. The Labute approximate surface area is 206 Å². The molecule has 180 valence electrons. The molecule has 0 radical (unpaired) electrons. The van der Waals surface area contributed by atoms with Gasteiger partial charge in [0.1, 0.15) is 17.2 Å². The number of nitrogens with zero attached hydrogens (tertiary/aromatic N) is 3. The maximum Gasteiger partial charge on any atom is 0.270 e. The van der Waals surface area contributed by atoms with E-state index in [0.29, 0.717) is 31.6 Å². The fraction of sp³-hybridized carbons (Fsp3) is 0.448. The van der Waals surface area contributed by atoms with Crippen molar-refractivity contribution >= 4 is 29.4 Å². The molecule has 1 aromatic carbocycles. The molecule has 6 nitrogen and oxygen atoms in total. The Morgan fingerprint density at radius 2 is 1.86 bits per heavy atom. The summed E-state index contributed by atoms with van der Waals surface area (Å²) in [7, 11) is 0. The van der Waals surface area contributed by atoms with Gasteiger partial charge in [-0.05, 0) is 67.7 Å². The van der Waals surface area contributed by atoms with Crippen LogP contribution in [0, 0.1) is 0 Å². The number of carbonyl (C=O) groups is 2. The number of hydrogen-bond acceptors (Lipinski definition) is 4. The number of amides is 2. The van der Waals surface area contributed by atoms with Crippen LogP contribution < -0.4 is 5.32 Å². The lowest BCUT2D eigenvalue weighted by Gasteiger charge is -2.35. The van der Waals surface area contributed by atoms with Gasteiger partial charge in [-0.3, -0.25) is 14.6 Å². The zero-order valence-corrected chi connectivity index (χ0v) is 20.3. The molecule has 0 saturated heterocycles. The molecule has 2 spiro atoms. The molecule has 2 aliphatic heterocycles. The number of anilines is 1. The topological polar surface area (TPSA) is 74.7 Å². The van der Waals surface area contributed by atoms with Crippen molar-refractivity contribution in [1.82, 2.24) is 9.88 Å². The second-order valence-corrected chi connectivity index (χ2v) is 10.4. The Bertz CT molecular complexity index is 1260. The Kier molecular flexibility index (Phi) is 5.35. The zero-order valence-electron chi connectivity index (χ0n) is 20.3. The van der Waals surface area contributed by atoms with E-state index in [2.05, 4.69) is 40.7 Å². The minimum atomic E-state index is -0.546. The van der Waals surface area contributed by atoms with Crippen molar-refractivity contribution in [3.63, 3.8) is 0 Å². The first kappa shape index (κ1) is 22.2. The van der Waals surface area contributed by atoms with Crippen LogP contribution in [0.3, 0.4) is 0 Å². The molecule has 2 aromatic rings. The van der Waals surface area contributed by atoms with E-state index in [-0.39, 0.29) is 17.5 Å². The van der Waals surface area contributed by atoms with Crippen molar-refractivity contribution in [2.45, 2.75) is 75.8 Å². The highest BCUT2D eigenvalue weighted by Crippen LogP contribution is 2.46. The van der Waals surface area contributed by atoms with Gasteiger partial charge in [-0.15, -0.1) is 0 Å². The molecule has 1 saturated carbocycles. The first-order valence-electron chi connectivity index (χ1n) is 13.0. The van der Waals surface area contributed by atoms with E-state index >= 15 is 0 Å². The van der Waals surface area contributed by atoms with E-state index in [1.54, 1.807) is 6.20 Å². The normalized spacial score (nSPS) is 24.7. The van der Waals surface area contributed by atoms with Crippen LogP contribution in [0.2, 0.25) is 0 Å². The van der Waals surface area contributed by atoms with E-state index < -0.39 is 5.41 Å². The van der Waals surface area contributed by atoms with Crippen LogP contribution in [0.5, 0.6) is 0 Å². The molecule has 1 atom stereocenters. The monoisotopic (exact) mass is 468 g/mol. The van der Waals surface area contributed by atoms with Crippen LogP contribution in [0.25, 0.3) is 6.08 Å². The minimum Gasteiger partial charge on any atom is -0.310 e. The van der Waals surface area contributed by atoms with Crippen molar-refractivity contribution in [3.05, 3.63) is 64.9 Å². The summed E-state index contributed by atoms with van der Waals surface area (Å²) in [5.74, 6) is 0.851. The van der Waals surface area contributed by atoms with Crippen molar-refractivity contribution < 1.29 is 9.59 Å². The van der Waals surface area contributed by atoms with Gasteiger partial charge in [-0.25, -0.2) is 4.98 Å². The summed E-state index contributed by atoms with van der Waals surface area (Å²) in [6, 6.07) is 10.4. The molecule has 3 heterocycles. The van der Waals surface area contributed by atoms with Gasteiger partial charge in [0.25, 0.3) is 5.91 Å². The third-order valence-electron chi connectivity index (χ3n) is 8.38. The van der Waals surface area contributed by atoms with Crippen LogP contribution in [-0.2, 0) is 27.8 Å². The van der Waals surface area contributed by atoms with E-state index in [1.807, 2.05) is 24.0 Å². The summed E-state index contributed by atoms with van der Waals surface area (Å²) in [5.41, 5.74) is 4.39. The summed E-state index contributed by atoms with van der Waals surface area (Å²) < 4.78 is 0. The quantitative estimate of drug-likeness (QED) is 0.699. The predicted molar refractivity (Wildman–Crippen MR) is 137 cm³/mol. The van der Waals surface area contributed by atoms with Crippen LogP contribution in [0.1, 0.15) is 74.1 Å². The molecule has 0 bridgehead atoms. The highest BCUT2D eigenvalue weighted by atomic mass is 16.2. The fourth-order valence-electron chi connectivity index (χ4n) is 6.55. The Balaban J connectivity index is 1.21. The molecule has 6 rings (SSSR count). The molecule has 1 aromatic heterocycles. The number of pyridine rings is 1. The number of carbonyl (C=O) groups excluding carboxylic acids is 2. The van der Waals surface area contributed by atoms with Crippen molar-refractivity contribution in [3.8, 4) is 0 Å². The average Bonchev–Trinajstić information content (AvgIpc) is 3.38. The van der Waals surface area contributed by atoms with Crippen LogP contribution in [-0.4, -0.2) is 39.6 Å². The molecule has 2 amide bonds. The Morgan fingerprint density at radius 1 is 1.06 bits per heavy atom. The molecule has 35 heavy (non-hydrogen) atoms. The lowest BCUT2D eigenvalue weighted by atomic mass is 9.79. The summed E-state index contributed by atoms with van der Waals surface area (Å²) >= 11 is 0. The van der Waals surface area contributed by atoms with Gasteiger partial charge in [0, 0.05) is 18.3 Å². The van der Waals surface area contributed by atoms with E-state index in [9.17, 15) is 9.59 Å². The van der Waals surface area contributed by atoms with Gasteiger partial charge in [0.15, 0.2) is 0 Å². The summed E-state index contributed by atoms with van der Waals surface area (Å²) in [6.45, 7) is 2.60. The summed E-state index contributed by atoms with van der Waals surface area (Å²) in [6.07, 6.45) is 14.7. The Morgan fingerprint density at radius 3 is 2.66 bits per heavy atom.